The number of hydrogen-bond donors (Lipinski definition) is 3. The van der Waals surface area contributed by atoms with E-state index in [2.05, 4.69) is 5.32 Å². The Kier molecular flexibility index (Phi) is 4.30. The Morgan fingerprint density at radius 3 is 2.74 bits per heavy atom. The molecule has 2 amide bonds. The predicted octanol–water partition coefficient (Wildman–Crippen LogP) is 0.941. The summed E-state index contributed by atoms with van der Waals surface area (Å²) in [7, 11) is 0. The van der Waals surface area contributed by atoms with Crippen molar-refractivity contribution in [2.75, 3.05) is 6.54 Å². The van der Waals surface area contributed by atoms with E-state index in [0.29, 0.717) is 18.5 Å². The van der Waals surface area contributed by atoms with Crippen molar-refractivity contribution < 1.29 is 14.8 Å². The highest BCUT2D eigenvalue weighted by Crippen LogP contribution is 2.21. The fourth-order valence-electron chi connectivity index (χ4n) is 2.19. The summed E-state index contributed by atoms with van der Waals surface area (Å²) < 4.78 is 0. The molecule has 1 aliphatic heterocycles. The minimum Gasteiger partial charge on any atom is -0.352 e. The third-order valence-electron chi connectivity index (χ3n) is 3.14. The number of benzene rings is 1. The van der Waals surface area contributed by atoms with Gasteiger partial charge in [-0.25, -0.2) is 5.48 Å². The molecule has 0 aliphatic carbocycles. The number of nitrogens with one attached hydrogen (secondary N) is 2. The SMILES string of the molecule is O=C(CC1=C(Cc2ccccc2)CCNC1=O)NO. The van der Waals surface area contributed by atoms with Crippen molar-refractivity contribution in [2.24, 2.45) is 0 Å². The van der Waals surface area contributed by atoms with E-state index in [1.54, 1.807) is 5.48 Å². The maximum Gasteiger partial charge on any atom is 0.247 e. The van der Waals surface area contributed by atoms with Gasteiger partial charge in [0.25, 0.3) is 0 Å². The van der Waals surface area contributed by atoms with Crippen LogP contribution >= 0.6 is 0 Å². The molecule has 0 spiro atoms. The van der Waals surface area contributed by atoms with Gasteiger partial charge in [-0.1, -0.05) is 35.9 Å². The molecule has 0 atom stereocenters. The smallest absolute Gasteiger partial charge is 0.247 e. The summed E-state index contributed by atoms with van der Waals surface area (Å²) in [6.07, 6.45) is 1.29. The predicted molar refractivity (Wildman–Crippen MR) is 69.3 cm³/mol. The average Bonchev–Trinajstić information content (AvgIpc) is 2.43. The van der Waals surface area contributed by atoms with Crippen molar-refractivity contribution in [3.63, 3.8) is 0 Å². The molecular weight excluding hydrogens is 244 g/mol. The summed E-state index contributed by atoms with van der Waals surface area (Å²) in [6, 6.07) is 9.80. The van der Waals surface area contributed by atoms with Crippen LogP contribution in [0.15, 0.2) is 41.5 Å². The van der Waals surface area contributed by atoms with E-state index in [1.807, 2.05) is 30.3 Å². The lowest BCUT2D eigenvalue weighted by atomic mass is 9.92. The van der Waals surface area contributed by atoms with Crippen molar-refractivity contribution in [1.82, 2.24) is 10.8 Å². The van der Waals surface area contributed by atoms with Gasteiger partial charge in [-0.3, -0.25) is 14.8 Å². The maximum atomic E-state index is 11.8. The number of rotatable bonds is 4. The van der Waals surface area contributed by atoms with Crippen LogP contribution in [0.3, 0.4) is 0 Å². The van der Waals surface area contributed by atoms with Gasteiger partial charge < -0.3 is 5.32 Å². The molecule has 0 unspecified atom stereocenters. The van der Waals surface area contributed by atoms with Crippen molar-refractivity contribution >= 4 is 11.8 Å². The van der Waals surface area contributed by atoms with Crippen LogP contribution in [-0.2, 0) is 16.0 Å². The van der Waals surface area contributed by atoms with Crippen molar-refractivity contribution in [3.8, 4) is 0 Å². The molecule has 1 aromatic carbocycles. The first kappa shape index (κ1) is 13.3. The van der Waals surface area contributed by atoms with E-state index in [-0.39, 0.29) is 12.3 Å². The second-order valence-electron chi connectivity index (χ2n) is 4.46. The zero-order chi connectivity index (χ0) is 13.7. The van der Waals surface area contributed by atoms with Crippen LogP contribution < -0.4 is 10.8 Å². The topological polar surface area (TPSA) is 78.4 Å². The lowest BCUT2D eigenvalue weighted by molar-refractivity contribution is -0.129. The molecule has 100 valence electrons. The number of amides is 2. The molecule has 5 nitrogen and oxygen atoms in total. The monoisotopic (exact) mass is 260 g/mol. The Morgan fingerprint density at radius 2 is 2.05 bits per heavy atom. The van der Waals surface area contributed by atoms with E-state index in [4.69, 9.17) is 5.21 Å². The van der Waals surface area contributed by atoms with Crippen LogP contribution in [0.4, 0.5) is 0 Å². The highest BCUT2D eigenvalue weighted by Gasteiger charge is 2.22. The molecule has 0 fully saturated rings. The zero-order valence-electron chi connectivity index (χ0n) is 10.5. The molecule has 0 saturated heterocycles. The highest BCUT2D eigenvalue weighted by atomic mass is 16.5. The lowest BCUT2D eigenvalue weighted by Gasteiger charge is -2.20. The third kappa shape index (κ3) is 3.42. The summed E-state index contributed by atoms with van der Waals surface area (Å²) in [6.45, 7) is 0.589. The highest BCUT2D eigenvalue weighted by molar-refractivity contribution is 5.99. The molecule has 0 bridgehead atoms. The molecule has 3 N–H and O–H groups in total. The van der Waals surface area contributed by atoms with Crippen molar-refractivity contribution in [1.29, 1.82) is 0 Å². The summed E-state index contributed by atoms with van der Waals surface area (Å²) in [4.78, 5) is 23.1. The molecule has 1 aromatic rings. The van der Waals surface area contributed by atoms with Crippen LogP contribution in [0.2, 0.25) is 0 Å². The molecule has 5 heteroatoms. The van der Waals surface area contributed by atoms with Crippen LogP contribution in [0.25, 0.3) is 0 Å². The van der Waals surface area contributed by atoms with E-state index in [1.165, 1.54) is 0 Å². The van der Waals surface area contributed by atoms with E-state index >= 15 is 0 Å². The van der Waals surface area contributed by atoms with E-state index in [9.17, 15) is 9.59 Å². The third-order valence-corrected chi connectivity index (χ3v) is 3.14. The first-order valence-electron chi connectivity index (χ1n) is 6.16. The van der Waals surface area contributed by atoms with Gasteiger partial charge in [0.2, 0.25) is 11.8 Å². The van der Waals surface area contributed by atoms with Crippen LogP contribution in [0, 0.1) is 0 Å². The summed E-state index contributed by atoms with van der Waals surface area (Å²) >= 11 is 0. The Labute approximate surface area is 111 Å². The van der Waals surface area contributed by atoms with Gasteiger partial charge in [0, 0.05) is 12.1 Å². The number of carbonyl (C=O) groups is 2. The standard InChI is InChI=1S/C14H16N2O3/c17-13(16-19)9-12-11(6-7-15-14(12)18)8-10-4-2-1-3-5-10/h1-5,19H,6-9H2,(H,15,18)(H,16,17). The number of hydrogen-bond acceptors (Lipinski definition) is 3. The van der Waals surface area contributed by atoms with Crippen molar-refractivity contribution in [3.05, 3.63) is 47.0 Å². The minimum atomic E-state index is -0.572. The quantitative estimate of drug-likeness (QED) is 0.557. The molecule has 19 heavy (non-hydrogen) atoms. The Bertz CT molecular complexity index is 509. The van der Waals surface area contributed by atoms with Crippen LogP contribution in [-0.4, -0.2) is 23.6 Å². The van der Waals surface area contributed by atoms with Gasteiger partial charge >= 0.3 is 0 Å². The molecule has 1 aliphatic rings. The Morgan fingerprint density at radius 1 is 1.32 bits per heavy atom. The molecule has 0 aromatic heterocycles. The molecule has 0 radical (unpaired) electrons. The summed E-state index contributed by atoms with van der Waals surface area (Å²) in [5.74, 6) is -0.793. The van der Waals surface area contributed by atoms with Crippen LogP contribution in [0.1, 0.15) is 18.4 Å². The van der Waals surface area contributed by atoms with E-state index in [0.717, 1.165) is 17.6 Å². The lowest BCUT2D eigenvalue weighted by Crippen LogP contribution is -2.34. The van der Waals surface area contributed by atoms with Gasteiger partial charge in [-0.05, 0) is 18.4 Å². The number of hydroxylamine groups is 1. The zero-order valence-corrected chi connectivity index (χ0v) is 10.5. The first-order chi connectivity index (χ1) is 9.20. The van der Waals surface area contributed by atoms with Gasteiger partial charge in [-0.15, -0.1) is 0 Å². The normalized spacial score (nSPS) is 15.1. The second kappa shape index (κ2) is 6.15. The van der Waals surface area contributed by atoms with Crippen molar-refractivity contribution in [2.45, 2.75) is 19.3 Å². The Hall–Kier alpha value is -2.14. The second-order valence-corrected chi connectivity index (χ2v) is 4.46. The molecule has 1 heterocycles. The molecular formula is C14H16N2O3. The van der Waals surface area contributed by atoms with Gasteiger partial charge in [0.05, 0.1) is 6.42 Å². The first-order valence-corrected chi connectivity index (χ1v) is 6.16. The minimum absolute atomic E-state index is 0.0928. The fraction of sp³-hybridized carbons (Fsp3) is 0.286. The largest absolute Gasteiger partial charge is 0.352 e. The van der Waals surface area contributed by atoms with Gasteiger partial charge in [0.15, 0.2) is 0 Å². The molecule has 0 saturated carbocycles. The molecule has 2 rings (SSSR count). The van der Waals surface area contributed by atoms with Gasteiger partial charge in [0.1, 0.15) is 0 Å². The number of carbonyl (C=O) groups excluding carboxylic acids is 2. The summed E-state index contributed by atoms with van der Waals surface area (Å²) in [5, 5.41) is 11.3. The van der Waals surface area contributed by atoms with E-state index < -0.39 is 5.91 Å². The van der Waals surface area contributed by atoms with Crippen LogP contribution in [0.5, 0.6) is 0 Å². The average molecular weight is 260 g/mol. The maximum absolute atomic E-state index is 11.8. The fourth-order valence-corrected chi connectivity index (χ4v) is 2.19. The Balaban J connectivity index is 2.23. The summed E-state index contributed by atoms with van der Waals surface area (Å²) in [5.41, 5.74) is 4.09. The van der Waals surface area contributed by atoms with Gasteiger partial charge in [-0.2, -0.15) is 0 Å².